The molecule has 1 aromatic rings. The highest BCUT2D eigenvalue weighted by Crippen LogP contribution is 2.20. The predicted octanol–water partition coefficient (Wildman–Crippen LogP) is 1.78. The second-order valence-corrected chi connectivity index (χ2v) is 3.36. The molecule has 0 aromatic heterocycles. The van der Waals surface area contributed by atoms with E-state index in [9.17, 15) is 0 Å². The Bertz CT molecular complexity index is 300. The van der Waals surface area contributed by atoms with E-state index >= 15 is 0 Å². The van der Waals surface area contributed by atoms with Gasteiger partial charge in [-0.2, -0.15) is 0 Å². The molecule has 1 heterocycles. The van der Waals surface area contributed by atoms with Crippen molar-refractivity contribution in [1.82, 2.24) is 5.32 Å². The summed E-state index contributed by atoms with van der Waals surface area (Å²) >= 11 is 0. The second kappa shape index (κ2) is 5.95. The van der Waals surface area contributed by atoms with Crippen LogP contribution in [0.2, 0.25) is 0 Å². The first-order chi connectivity index (χ1) is 6.90. The molecule has 1 aromatic carbocycles. The number of hydrogen-bond acceptors (Lipinski definition) is 3. The Morgan fingerprint density at radius 3 is 3.00 bits per heavy atom. The van der Waals surface area contributed by atoms with Crippen molar-refractivity contribution in [3.63, 3.8) is 0 Å². The lowest BCUT2D eigenvalue weighted by atomic mass is 10.1. The van der Waals surface area contributed by atoms with Gasteiger partial charge in [-0.15, -0.1) is 12.4 Å². The quantitative estimate of drug-likeness (QED) is 0.839. The van der Waals surface area contributed by atoms with Crippen LogP contribution in [-0.4, -0.2) is 26.9 Å². The van der Waals surface area contributed by atoms with Gasteiger partial charge < -0.3 is 14.8 Å². The summed E-state index contributed by atoms with van der Waals surface area (Å²) in [5.74, 6) is 0.898. The van der Waals surface area contributed by atoms with E-state index in [1.54, 1.807) is 7.11 Å². The molecule has 0 amide bonds. The molecule has 0 radical (unpaired) electrons. The SMILES string of the molecule is COc1cccc([C@H]2COCCN2)c1.Cl. The van der Waals surface area contributed by atoms with Crippen molar-refractivity contribution in [1.29, 1.82) is 0 Å². The third kappa shape index (κ3) is 3.09. The number of ether oxygens (including phenoxy) is 2. The zero-order valence-corrected chi connectivity index (χ0v) is 9.55. The topological polar surface area (TPSA) is 30.5 Å². The maximum Gasteiger partial charge on any atom is 0.119 e. The maximum absolute atomic E-state index is 5.41. The number of nitrogens with one attached hydrogen (secondary N) is 1. The molecule has 1 aliphatic heterocycles. The molecule has 1 N–H and O–H groups in total. The fraction of sp³-hybridized carbons (Fsp3) is 0.455. The Labute approximate surface area is 96.2 Å². The van der Waals surface area contributed by atoms with Crippen molar-refractivity contribution in [2.24, 2.45) is 0 Å². The molecule has 15 heavy (non-hydrogen) atoms. The fourth-order valence-electron chi connectivity index (χ4n) is 1.64. The second-order valence-electron chi connectivity index (χ2n) is 3.36. The van der Waals surface area contributed by atoms with Crippen molar-refractivity contribution >= 4 is 12.4 Å². The lowest BCUT2D eigenvalue weighted by Gasteiger charge is -2.24. The van der Waals surface area contributed by atoms with Gasteiger partial charge in [-0.1, -0.05) is 12.1 Å². The Kier molecular flexibility index (Phi) is 4.88. The van der Waals surface area contributed by atoms with Crippen LogP contribution in [0.4, 0.5) is 0 Å². The molecular formula is C11H16ClNO2. The van der Waals surface area contributed by atoms with Crippen LogP contribution in [0.25, 0.3) is 0 Å². The summed E-state index contributed by atoms with van der Waals surface area (Å²) < 4.78 is 10.6. The van der Waals surface area contributed by atoms with Gasteiger partial charge in [-0.3, -0.25) is 0 Å². The van der Waals surface area contributed by atoms with E-state index < -0.39 is 0 Å². The lowest BCUT2D eigenvalue weighted by molar-refractivity contribution is 0.0768. The Balaban J connectivity index is 0.00000112. The van der Waals surface area contributed by atoms with Crippen LogP contribution < -0.4 is 10.1 Å². The van der Waals surface area contributed by atoms with Gasteiger partial charge in [0, 0.05) is 6.54 Å². The Morgan fingerprint density at radius 2 is 2.33 bits per heavy atom. The first-order valence-corrected chi connectivity index (χ1v) is 4.85. The number of hydrogen-bond donors (Lipinski definition) is 1. The van der Waals surface area contributed by atoms with E-state index in [1.807, 2.05) is 18.2 Å². The van der Waals surface area contributed by atoms with Crippen LogP contribution in [0.5, 0.6) is 5.75 Å². The number of rotatable bonds is 2. The summed E-state index contributed by atoms with van der Waals surface area (Å²) in [6, 6.07) is 8.40. The van der Waals surface area contributed by atoms with Crippen LogP contribution >= 0.6 is 12.4 Å². The van der Waals surface area contributed by atoms with Gasteiger partial charge in [0.15, 0.2) is 0 Å². The van der Waals surface area contributed by atoms with Gasteiger partial charge in [0.1, 0.15) is 5.75 Å². The third-order valence-electron chi connectivity index (χ3n) is 2.42. The van der Waals surface area contributed by atoms with Gasteiger partial charge >= 0.3 is 0 Å². The molecule has 4 heteroatoms. The zero-order chi connectivity index (χ0) is 9.80. The van der Waals surface area contributed by atoms with E-state index in [0.29, 0.717) is 6.04 Å². The number of halogens is 1. The molecule has 0 spiro atoms. The number of morpholine rings is 1. The smallest absolute Gasteiger partial charge is 0.119 e. The van der Waals surface area contributed by atoms with E-state index in [1.165, 1.54) is 5.56 Å². The standard InChI is InChI=1S/C11H15NO2.ClH/c1-13-10-4-2-3-9(7-10)11-8-14-6-5-12-11;/h2-4,7,11-12H,5-6,8H2,1H3;1H/t11-;/m1./s1. The molecule has 1 saturated heterocycles. The molecule has 0 aliphatic carbocycles. The average molecular weight is 230 g/mol. The van der Waals surface area contributed by atoms with E-state index in [4.69, 9.17) is 9.47 Å². The molecule has 2 rings (SSSR count). The summed E-state index contributed by atoms with van der Waals surface area (Å²) in [6.45, 7) is 2.47. The monoisotopic (exact) mass is 229 g/mol. The Morgan fingerprint density at radius 1 is 1.47 bits per heavy atom. The minimum atomic E-state index is 0. The van der Waals surface area contributed by atoms with Gasteiger partial charge in [0.25, 0.3) is 0 Å². The van der Waals surface area contributed by atoms with Crippen molar-refractivity contribution in [2.75, 3.05) is 26.9 Å². The number of benzene rings is 1. The van der Waals surface area contributed by atoms with Crippen molar-refractivity contribution in [2.45, 2.75) is 6.04 Å². The van der Waals surface area contributed by atoms with Gasteiger partial charge in [0.05, 0.1) is 26.4 Å². The minimum absolute atomic E-state index is 0. The highest BCUT2D eigenvalue weighted by Gasteiger charge is 2.14. The molecule has 84 valence electrons. The molecule has 1 atom stereocenters. The summed E-state index contributed by atoms with van der Waals surface area (Å²) in [7, 11) is 1.68. The summed E-state index contributed by atoms with van der Waals surface area (Å²) in [5.41, 5.74) is 1.23. The lowest BCUT2D eigenvalue weighted by Crippen LogP contribution is -2.34. The van der Waals surface area contributed by atoms with Crippen LogP contribution in [0.15, 0.2) is 24.3 Å². The zero-order valence-electron chi connectivity index (χ0n) is 8.73. The van der Waals surface area contributed by atoms with E-state index in [-0.39, 0.29) is 12.4 Å². The van der Waals surface area contributed by atoms with E-state index in [2.05, 4.69) is 11.4 Å². The first kappa shape index (κ1) is 12.3. The molecule has 0 saturated carbocycles. The summed E-state index contributed by atoms with van der Waals surface area (Å²) in [6.07, 6.45) is 0. The van der Waals surface area contributed by atoms with Crippen LogP contribution in [0, 0.1) is 0 Å². The molecule has 0 bridgehead atoms. The molecule has 1 aliphatic rings. The normalized spacial score (nSPS) is 20.5. The largest absolute Gasteiger partial charge is 0.497 e. The fourth-order valence-corrected chi connectivity index (χ4v) is 1.64. The summed E-state index contributed by atoms with van der Waals surface area (Å²) in [4.78, 5) is 0. The van der Waals surface area contributed by atoms with Gasteiger partial charge in [-0.25, -0.2) is 0 Å². The maximum atomic E-state index is 5.41. The average Bonchev–Trinajstić information content (AvgIpc) is 2.30. The summed E-state index contributed by atoms with van der Waals surface area (Å²) in [5, 5.41) is 3.41. The van der Waals surface area contributed by atoms with Crippen molar-refractivity contribution < 1.29 is 9.47 Å². The van der Waals surface area contributed by atoms with Gasteiger partial charge in [-0.05, 0) is 17.7 Å². The van der Waals surface area contributed by atoms with Crippen molar-refractivity contribution in [3.8, 4) is 5.75 Å². The first-order valence-electron chi connectivity index (χ1n) is 4.85. The Hall–Kier alpha value is -0.770. The van der Waals surface area contributed by atoms with Crippen LogP contribution in [-0.2, 0) is 4.74 Å². The predicted molar refractivity (Wildman–Crippen MR) is 61.8 cm³/mol. The number of methoxy groups -OCH3 is 1. The van der Waals surface area contributed by atoms with Crippen molar-refractivity contribution in [3.05, 3.63) is 29.8 Å². The molecular weight excluding hydrogens is 214 g/mol. The van der Waals surface area contributed by atoms with Crippen LogP contribution in [0.1, 0.15) is 11.6 Å². The third-order valence-corrected chi connectivity index (χ3v) is 2.42. The van der Waals surface area contributed by atoms with E-state index in [0.717, 1.165) is 25.5 Å². The molecule has 3 nitrogen and oxygen atoms in total. The highest BCUT2D eigenvalue weighted by molar-refractivity contribution is 5.85. The molecule has 0 unspecified atom stereocenters. The molecule has 1 fully saturated rings. The van der Waals surface area contributed by atoms with Gasteiger partial charge in [0.2, 0.25) is 0 Å². The highest BCUT2D eigenvalue weighted by atomic mass is 35.5. The minimum Gasteiger partial charge on any atom is -0.497 e. The van der Waals surface area contributed by atoms with Crippen LogP contribution in [0.3, 0.4) is 0 Å².